The summed E-state index contributed by atoms with van der Waals surface area (Å²) in [6.07, 6.45) is 4.22. The molecule has 5 nitrogen and oxygen atoms in total. The van der Waals surface area contributed by atoms with Crippen LogP contribution in [0.4, 0.5) is 4.39 Å². The molecule has 28 heavy (non-hydrogen) atoms. The highest BCUT2D eigenvalue weighted by Gasteiger charge is 2.21. The number of ether oxygens (including phenoxy) is 2. The third kappa shape index (κ3) is 5.12. The fraction of sp³-hybridized carbons (Fsp3) is 0.273. The SMILES string of the molecule is Fc1ccc(C[C@@H]2CN(Cc3ccc(Oc4ncccn4)cc3)CCO2)cc1. The van der Waals surface area contributed by atoms with E-state index in [4.69, 9.17) is 9.47 Å². The van der Waals surface area contributed by atoms with Gasteiger partial charge in [0.25, 0.3) is 0 Å². The molecule has 1 saturated heterocycles. The zero-order valence-electron chi connectivity index (χ0n) is 15.5. The van der Waals surface area contributed by atoms with E-state index in [1.807, 2.05) is 24.3 Å². The van der Waals surface area contributed by atoms with Gasteiger partial charge in [0.2, 0.25) is 0 Å². The summed E-state index contributed by atoms with van der Waals surface area (Å²) >= 11 is 0. The van der Waals surface area contributed by atoms with Gasteiger partial charge in [-0.05, 0) is 47.9 Å². The summed E-state index contributed by atoms with van der Waals surface area (Å²) in [6.45, 7) is 3.31. The standard InChI is InChI=1S/C22H22FN3O2/c23-19-6-2-17(3-7-19)14-21-16-26(12-13-27-21)15-18-4-8-20(9-5-18)28-22-24-10-1-11-25-22/h1-11,21H,12-16H2/t21-/m1/s1. The molecule has 1 fully saturated rings. The van der Waals surface area contributed by atoms with Crippen molar-refractivity contribution in [3.8, 4) is 11.8 Å². The Kier molecular flexibility index (Phi) is 5.89. The monoisotopic (exact) mass is 379 g/mol. The van der Waals surface area contributed by atoms with Crippen molar-refractivity contribution in [1.29, 1.82) is 0 Å². The van der Waals surface area contributed by atoms with Crippen molar-refractivity contribution in [3.05, 3.63) is 83.9 Å². The Morgan fingerprint density at radius 3 is 2.46 bits per heavy atom. The normalized spacial score (nSPS) is 17.4. The number of aromatic nitrogens is 2. The first kappa shape index (κ1) is 18.5. The van der Waals surface area contributed by atoms with Crippen LogP contribution < -0.4 is 4.74 Å². The van der Waals surface area contributed by atoms with Crippen LogP contribution in [0, 0.1) is 5.82 Å². The summed E-state index contributed by atoms with van der Waals surface area (Å²) in [7, 11) is 0. The number of morpholine rings is 1. The number of benzene rings is 2. The topological polar surface area (TPSA) is 47.5 Å². The van der Waals surface area contributed by atoms with Crippen LogP contribution in [0.2, 0.25) is 0 Å². The van der Waals surface area contributed by atoms with E-state index in [-0.39, 0.29) is 11.9 Å². The van der Waals surface area contributed by atoms with E-state index in [9.17, 15) is 4.39 Å². The molecule has 1 aliphatic rings. The van der Waals surface area contributed by atoms with Gasteiger partial charge in [-0.3, -0.25) is 4.90 Å². The lowest BCUT2D eigenvalue weighted by molar-refractivity contribution is -0.0305. The van der Waals surface area contributed by atoms with Gasteiger partial charge in [0.15, 0.2) is 0 Å². The van der Waals surface area contributed by atoms with Crippen LogP contribution in [0.25, 0.3) is 0 Å². The van der Waals surface area contributed by atoms with Crippen molar-refractivity contribution in [2.24, 2.45) is 0 Å². The summed E-state index contributed by atoms with van der Waals surface area (Å²) in [4.78, 5) is 10.5. The predicted molar refractivity (Wildman–Crippen MR) is 104 cm³/mol. The quantitative estimate of drug-likeness (QED) is 0.651. The van der Waals surface area contributed by atoms with Gasteiger partial charge in [-0.25, -0.2) is 14.4 Å². The van der Waals surface area contributed by atoms with E-state index in [0.29, 0.717) is 18.4 Å². The lowest BCUT2D eigenvalue weighted by Crippen LogP contribution is -2.42. The highest BCUT2D eigenvalue weighted by atomic mass is 19.1. The largest absolute Gasteiger partial charge is 0.424 e. The van der Waals surface area contributed by atoms with Gasteiger partial charge >= 0.3 is 6.01 Å². The zero-order valence-corrected chi connectivity index (χ0v) is 15.5. The smallest absolute Gasteiger partial charge is 0.321 e. The van der Waals surface area contributed by atoms with Crippen LogP contribution >= 0.6 is 0 Å². The number of rotatable bonds is 6. The third-order valence-corrected chi connectivity index (χ3v) is 4.68. The molecule has 3 aromatic rings. The fourth-order valence-corrected chi connectivity index (χ4v) is 3.30. The molecule has 0 amide bonds. The Hall–Kier alpha value is -2.83. The van der Waals surface area contributed by atoms with Crippen LogP contribution in [0.3, 0.4) is 0 Å². The molecule has 0 aliphatic carbocycles. The molecule has 2 heterocycles. The molecule has 1 aliphatic heterocycles. The van der Waals surface area contributed by atoms with E-state index in [1.54, 1.807) is 18.5 Å². The maximum absolute atomic E-state index is 13.1. The molecule has 4 rings (SSSR count). The predicted octanol–water partition coefficient (Wildman–Crippen LogP) is 3.85. The van der Waals surface area contributed by atoms with Crippen LogP contribution in [0.5, 0.6) is 11.8 Å². The van der Waals surface area contributed by atoms with Crippen molar-refractivity contribution >= 4 is 0 Å². The number of nitrogens with zero attached hydrogens (tertiary/aromatic N) is 3. The highest BCUT2D eigenvalue weighted by molar-refractivity contribution is 5.29. The van der Waals surface area contributed by atoms with Crippen LogP contribution in [-0.4, -0.2) is 40.7 Å². The lowest BCUT2D eigenvalue weighted by atomic mass is 10.1. The Balaban J connectivity index is 1.31. The Morgan fingerprint density at radius 1 is 1.00 bits per heavy atom. The minimum atomic E-state index is -0.207. The van der Waals surface area contributed by atoms with Crippen molar-refractivity contribution in [1.82, 2.24) is 14.9 Å². The Labute approximate surface area is 163 Å². The average molecular weight is 379 g/mol. The summed E-state index contributed by atoms with van der Waals surface area (Å²) in [5, 5.41) is 0. The second-order valence-corrected chi connectivity index (χ2v) is 6.84. The molecule has 0 spiro atoms. The molecule has 144 valence electrons. The van der Waals surface area contributed by atoms with Crippen molar-refractivity contribution < 1.29 is 13.9 Å². The molecule has 0 radical (unpaired) electrons. The first-order chi connectivity index (χ1) is 13.7. The Morgan fingerprint density at radius 2 is 1.71 bits per heavy atom. The van der Waals surface area contributed by atoms with Gasteiger partial charge in [0.05, 0.1) is 12.7 Å². The van der Waals surface area contributed by atoms with Crippen LogP contribution in [0.15, 0.2) is 67.0 Å². The fourth-order valence-electron chi connectivity index (χ4n) is 3.30. The maximum atomic E-state index is 13.1. The molecule has 0 unspecified atom stereocenters. The Bertz CT molecular complexity index is 873. The summed E-state index contributed by atoms with van der Waals surface area (Å²) in [5.41, 5.74) is 2.31. The number of halogens is 1. The van der Waals surface area contributed by atoms with E-state index in [2.05, 4.69) is 27.0 Å². The molecule has 0 N–H and O–H groups in total. The summed E-state index contributed by atoms with van der Waals surface area (Å²) < 4.78 is 24.6. The first-order valence-electron chi connectivity index (χ1n) is 9.37. The van der Waals surface area contributed by atoms with Gasteiger partial charge in [-0.1, -0.05) is 24.3 Å². The number of hydrogen-bond donors (Lipinski definition) is 0. The highest BCUT2D eigenvalue weighted by Crippen LogP contribution is 2.20. The van der Waals surface area contributed by atoms with Gasteiger partial charge in [-0.2, -0.15) is 0 Å². The van der Waals surface area contributed by atoms with Crippen LogP contribution in [-0.2, 0) is 17.7 Å². The van der Waals surface area contributed by atoms with E-state index >= 15 is 0 Å². The molecule has 6 heteroatoms. The van der Waals surface area contributed by atoms with Gasteiger partial charge in [0, 0.05) is 32.0 Å². The maximum Gasteiger partial charge on any atom is 0.321 e. The molecule has 1 aromatic heterocycles. The van der Waals surface area contributed by atoms with Gasteiger partial charge in [-0.15, -0.1) is 0 Å². The van der Waals surface area contributed by atoms with Crippen molar-refractivity contribution in [2.45, 2.75) is 19.1 Å². The molecular weight excluding hydrogens is 357 g/mol. The van der Waals surface area contributed by atoms with Crippen molar-refractivity contribution in [2.75, 3.05) is 19.7 Å². The minimum absolute atomic E-state index is 0.122. The van der Waals surface area contributed by atoms with Crippen LogP contribution in [0.1, 0.15) is 11.1 Å². The minimum Gasteiger partial charge on any atom is -0.424 e. The van der Waals surface area contributed by atoms with Gasteiger partial charge < -0.3 is 9.47 Å². The molecule has 2 aromatic carbocycles. The van der Waals surface area contributed by atoms with Crippen molar-refractivity contribution in [3.63, 3.8) is 0 Å². The molecule has 0 saturated carbocycles. The van der Waals surface area contributed by atoms with Gasteiger partial charge in [0.1, 0.15) is 11.6 Å². The van der Waals surface area contributed by atoms with E-state index < -0.39 is 0 Å². The lowest BCUT2D eigenvalue weighted by Gasteiger charge is -2.33. The summed E-state index contributed by atoms with van der Waals surface area (Å²) in [5.74, 6) is 0.507. The number of hydrogen-bond acceptors (Lipinski definition) is 5. The second kappa shape index (κ2) is 8.91. The first-order valence-corrected chi connectivity index (χ1v) is 9.37. The molecule has 0 bridgehead atoms. The second-order valence-electron chi connectivity index (χ2n) is 6.84. The van der Waals surface area contributed by atoms with E-state index in [1.165, 1.54) is 17.7 Å². The summed E-state index contributed by atoms with van der Waals surface area (Å²) in [6, 6.07) is 16.7. The van der Waals surface area contributed by atoms with E-state index in [0.717, 1.165) is 31.6 Å². The molecular formula is C22H22FN3O2. The third-order valence-electron chi connectivity index (χ3n) is 4.68. The average Bonchev–Trinajstić information content (AvgIpc) is 2.72. The zero-order chi connectivity index (χ0) is 19.2. The molecule has 1 atom stereocenters.